The highest BCUT2D eigenvalue weighted by Gasteiger charge is 2.46. The normalized spacial score (nSPS) is 23.3. The largest absolute Gasteiger partial charge is 0.388 e. The number of halogens is 4. The lowest BCUT2D eigenvalue weighted by molar-refractivity contribution is -0.135. The van der Waals surface area contributed by atoms with Crippen molar-refractivity contribution in [3.8, 4) is 0 Å². The number of aromatic nitrogens is 3. The molecule has 3 aliphatic rings. The molecule has 2 saturated carbocycles. The number of carbonyl (C=O) groups excluding carboxylic acids is 2. The Kier molecular flexibility index (Phi) is 8.65. The molecule has 1 aliphatic heterocycles. The summed E-state index contributed by atoms with van der Waals surface area (Å²) < 4.78 is 56.1. The van der Waals surface area contributed by atoms with E-state index in [2.05, 4.69) is 20.7 Å². The van der Waals surface area contributed by atoms with Gasteiger partial charge < -0.3 is 15.7 Å². The molecule has 2 amide bonds. The number of amides is 2. The first kappa shape index (κ1) is 32.1. The molecule has 0 bridgehead atoms. The van der Waals surface area contributed by atoms with Gasteiger partial charge in [0.15, 0.2) is 5.65 Å². The Morgan fingerprint density at radius 1 is 1.11 bits per heavy atom. The van der Waals surface area contributed by atoms with Gasteiger partial charge in [0.1, 0.15) is 0 Å². The minimum Gasteiger partial charge on any atom is -0.388 e. The fourth-order valence-corrected chi connectivity index (χ4v) is 6.49. The highest BCUT2D eigenvalue weighted by Crippen LogP contribution is 2.44. The summed E-state index contributed by atoms with van der Waals surface area (Å²) in [7, 11) is 0. The van der Waals surface area contributed by atoms with Crippen LogP contribution in [0.3, 0.4) is 0 Å². The van der Waals surface area contributed by atoms with Crippen LogP contribution in [0.25, 0.3) is 5.65 Å². The van der Waals surface area contributed by atoms with Crippen molar-refractivity contribution < 1.29 is 32.3 Å². The van der Waals surface area contributed by atoms with Gasteiger partial charge in [-0.2, -0.15) is 5.10 Å². The van der Waals surface area contributed by atoms with Crippen LogP contribution in [0.4, 0.5) is 17.6 Å². The molecule has 13 heteroatoms. The zero-order valence-electron chi connectivity index (χ0n) is 25.4. The fraction of sp³-hybridized carbons (Fsp3) is 0.645. The van der Waals surface area contributed by atoms with Crippen molar-refractivity contribution in [3.05, 3.63) is 41.4 Å². The second-order valence-corrected chi connectivity index (χ2v) is 13.5. The lowest BCUT2D eigenvalue weighted by Crippen LogP contribution is -2.44. The molecule has 2 aromatic heterocycles. The van der Waals surface area contributed by atoms with E-state index in [1.807, 2.05) is 13.8 Å². The molecule has 2 aliphatic carbocycles. The van der Waals surface area contributed by atoms with Crippen LogP contribution >= 0.6 is 0 Å². The molecule has 0 radical (unpaired) electrons. The molecule has 0 saturated heterocycles. The van der Waals surface area contributed by atoms with Crippen LogP contribution in [-0.2, 0) is 9.59 Å². The predicted molar refractivity (Wildman–Crippen MR) is 155 cm³/mol. The van der Waals surface area contributed by atoms with Gasteiger partial charge in [-0.3, -0.25) is 14.6 Å². The first-order valence-corrected chi connectivity index (χ1v) is 15.2. The smallest absolute Gasteiger partial charge is 0.249 e. The van der Waals surface area contributed by atoms with E-state index in [1.54, 1.807) is 24.6 Å². The van der Waals surface area contributed by atoms with Crippen LogP contribution in [0.2, 0.25) is 0 Å². The van der Waals surface area contributed by atoms with Crippen LogP contribution < -0.4 is 10.6 Å². The monoisotopic (exact) mass is 620 g/mol. The van der Waals surface area contributed by atoms with Gasteiger partial charge in [-0.05, 0) is 56.6 Å². The first-order chi connectivity index (χ1) is 20.5. The quantitative estimate of drug-likeness (QED) is 0.319. The highest BCUT2D eigenvalue weighted by atomic mass is 19.3. The molecule has 3 heterocycles. The lowest BCUT2D eigenvalue weighted by atomic mass is 9.79. The number of carbonyl (C=O) groups is 2. The van der Waals surface area contributed by atoms with Crippen LogP contribution in [0, 0.1) is 17.8 Å². The van der Waals surface area contributed by atoms with Crippen molar-refractivity contribution in [2.45, 2.75) is 108 Å². The van der Waals surface area contributed by atoms with E-state index in [4.69, 9.17) is 4.98 Å². The summed E-state index contributed by atoms with van der Waals surface area (Å²) in [6.07, 6.45) is 5.47. The maximum absolute atomic E-state index is 14.1. The van der Waals surface area contributed by atoms with Crippen LogP contribution in [0.15, 0.2) is 35.1 Å². The molecule has 9 nitrogen and oxygen atoms in total. The number of aliphatic hydroxyl groups is 1. The standard InChI is InChI=1S/C31H40F4N6O3/c1-17(2)25-21(7-10-36-25)28(43)40-26(19-5-8-30(32,33)9-6-19)22-16-41-23(38-22)12-20(15-37-41)27(29(3,4)44)39-24(42)11-18-13-31(34,35)14-18/h7,10,12,15-19,25-27,44H,5-6,8-9,11,13-14H2,1-4H3,(H,39,42)(H,40,43)/t25?,26-,27?/m0/s1. The Morgan fingerprint density at radius 2 is 1.80 bits per heavy atom. The fourth-order valence-electron chi connectivity index (χ4n) is 6.49. The molecule has 2 fully saturated rings. The molecule has 2 unspecified atom stereocenters. The first-order valence-electron chi connectivity index (χ1n) is 15.2. The molecule has 0 spiro atoms. The molecular weight excluding hydrogens is 580 g/mol. The zero-order chi connectivity index (χ0) is 32.0. The van der Waals surface area contributed by atoms with Gasteiger partial charge in [-0.1, -0.05) is 13.8 Å². The number of aliphatic imine (C=N–C) groups is 1. The van der Waals surface area contributed by atoms with Crippen molar-refractivity contribution in [3.63, 3.8) is 0 Å². The van der Waals surface area contributed by atoms with Crippen molar-refractivity contribution >= 4 is 23.7 Å². The lowest BCUT2D eigenvalue weighted by Gasteiger charge is -2.35. The van der Waals surface area contributed by atoms with E-state index in [0.29, 0.717) is 22.5 Å². The maximum Gasteiger partial charge on any atom is 0.249 e. The predicted octanol–water partition coefficient (Wildman–Crippen LogP) is 5.11. The van der Waals surface area contributed by atoms with Gasteiger partial charge in [-0.25, -0.2) is 27.1 Å². The van der Waals surface area contributed by atoms with E-state index in [9.17, 15) is 32.3 Å². The van der Waals surface area contributed by atoms with Crippen molar-refractivity contribution in [2.24, 2.45) is 22.7 Å². The molecule has 5 rings (SSSR count). The molecule has 44 heavy (non-hydrogen) atoms. The number of hydrogen-bond acceptors (Lipinski definition) is 6. The van der Waals surface area contributed by atoms with Gasteiger partial charge in [0.25, 0.3) is 0 Å². The van der Waals surface area contributed by atoms with Crippen molar-refractivity contribution in [1.29, 1.82) is 0 Å². The Hall–Kier alpha value is -3.35. The van der Waals surface area contributed by atoms with E-state index in [1.165, 1.54) is 24.6 Å². The number of nitrogens with one attached hydrogen (secondary N) is 2. The van der Waals surface area contributed by atoms with Crippen LogP contribution in [-0.4, -0.2) is 61.2 Å². The van der Waals surface area contributed by atoms with Crippen molar-refractivity contribution in [2.75, 3.05) is 0 Å². The number of rotatable bonds is 10. The number of fused-ring (bicyclic) bond motifs is 1. The zero-order valence-corrected chi connectivity index (χ0v) is 25.4. The summed E-state index contributed by atoms with van der Waals surface area (Å²) in [4.78, 5) is 35.3. The summed E-state index contributed by atoms with van der Waals surface area (Å²) in [6.45, 7) is 6.98. The molecule has 0 aromatic carbocycles. The average molecular weight is 621 g/mol. The number of imidazole rings is 1. The van der Waals surface area contributed by atoms with Gasteiger partial charge in [-0.15, -0.1) is 0 Å². The Balaban J connectivity index is 1.39. The van der Waals surface area contributed by atoms with E-state index in [-0.39, 0.29) is 68.7 Å². The van der Waals surface area contributed by atoms with Crippen LogP contribution in [0.5, 0.6) is 0 Å². The van der Waals surface area contributed by atoms with Gasteiger partial charge >= 0.3 is 0 Å². The number of nitrogens with zero attached hydrogens (tertiary/aromatic N) is 4. The van der Waals surface area contributed by atoms with Gasteiger partial charge in [0.05, 0.1) is 41.8 Å². The summed E-state index contributed by atoms with van der Waals surface area (Å²) >= 11 is 0. The molecule has 3 atom stereocenters. The third kappa shape index (κ3) is 7.13. The van der Waals surface area contributed by atoms with Crippen molar-refractivity contribution in [1.82, 2.24) is 25.2 Å². The minimum absolute atomic E-state index is 0.0771. The summed E-state index contributed by atoms with van der Waals surface area (Å²) in [5.41, 5.74) is 0.338. The minimum atomic E-state index is -2.75. The second-order valence-electron chi connectivity index (χ2n) is 13.5. The number of allylic oxidation sites excluding steroid dienone is 1. The van der Waals surface area contributed by atoms with E-state index >= 15 is 0 Å². The maximum atomic E-state index is 14.1. The molecule has 240 valence electrons. The summed E-state index contributed by atoms with van der Waals surface area (Å²) in [6, 6.07) is -0.228. The van der Waals surface area contributed by atoms with Crippen LogP contribution in [0.1, 0.15) is 96.0 Å². The average Bonchev–Trinajstić information content (AvgIpc) is 3.56. The Labute approximate surface area is 253 Å². The third-order valence-corrected chi connectivity index (χ3v) is 8.91. The number of hydrogen-bond donors (Lipinski definition) is 3. The van der Waals surface area contributed by atoms with Gasteiger partial charge in [0, 0.05) is 49.5 Å². The molecule has 3 N–H and O–H groups in total. The SMILES string of the molecule is CC(C)C1N=CC=C1C(=O)N[C@H](c1cn2ncc(C(NC(=O)CC3CC(F)(F)C3)C(C)(C)O)cc2n1)C1CCC(F)(F)CC1. The topological polar surface area (TPSA) is 121 Å². The third-order valence-electron chi connectivity index (χ3n) is 8.91. The Bertz CT molecular complexity index is 1450. The van der Waals surface area contributed by atoms with E-state index in [0.717, 1.165) is 0 Å². The number of alkyl halides is 4. The molecule has 2 aromatic rings. The van der Waals surface area contributed by atoms with E-state index < -0.39 is 41.4 Å². The summed E-state index contributed by atoms with van der Waals surface area (Å²) in [5.74, 6) is -6.88. The highest BCUT2D eigenvalue weighted by molar-refractivity contribution is 6.01. The molecular formula is C31H40F4N6O3. The van der Waals surface area contributed by atoms with Gasteiger partial charge in [0.2, 0.25) is 23.7 Å². The second kappa shape index (κ2) is 11.9. The Morgan fingerprint density at radius 3 is 2.41 bits per heavy atom. The summed E-state index contributed by atoms with van der Waals surface area (Å²) in [5, 5.41) is 21.1.